The molecule has 2 aromatic heterocycles. The zero-order chi connectivity index (χ0) is 30.6. The standard InChI is InChI=1S/C33H30FN5O5/c1-43-22-12-10-20(11-13-22)17-38-28-26-30-32(29(27(28)34)37-16-15-36-25-9-5-6-14-35-25)44-19-24(21-7-3-2-4-8-21)39(30)18-23(31(26)40)33(41)42/h2-14,18,24,37-38H,15-17,19H2,1H3,(H,35,36)(H,41,42). The van der Waals surface area contributed by atoms with Gasteiger partial charge < -0.3 is 35.1 Å². The molecular formula is C33H30FN5O5. The molecule has 0 radical (unpaired) electrons. The summed E-state index contributed by atoms with van der Waals surface area (Å²) in [5.41, 5.74) is 0.653. The Bertz CT molecular complexity index is 1860. The quantitative estimate of drug-likeness (QED) is 0.149. The third kappa shape index (κ3) is 5.47. The van der Waals surface area contributed by atoms with Crippen LogP contribution in [0.15, 0.2) is 90.0 Å². The summed E-state index contributed by atoms with van der Waals surface area (Å²) in [5.74, 6) is -0.659. The molecule has 3 heterocycles. The Hall–Kier alpha value is -5.58. The van der Waals surface area contributed by atoms with Crippen molar-refractivity contribution in [1.82, 2.24) is 9.55 Å². The van der Waals surface area contributed by atoms with Gasteiger partial charge in [-0.1, -0.05) is 48.5 Å². The van der Waals surface area contributed by atoms with Gasteiger partial charge in [0.25, 0.3) is 0 Å². The van der Waals surface area contributed by atoms with E-state index in [1.807, 2.05) is 60.7 Å². The molecule has 1 aliphatic rings. The van der Waals surface area contributed by atoms with E-state index < -0.39 is 28.8 Å². The summed E-state index contributed by atoms with van der Waals surface area (Å²) in [6.07, 6.45) is 3.00. The molecule has 0 bridgehead atoms. The van der Waals surface area contributed by atoms with Crippen LogP contribution in [-0.4, -0.2) is 47.4 Å². The van der Waals surface area contributed by atoms with E-state index in [1.54, 1.807) is 30.0 Å². The summed E-state index contributed by atoms with van der Waals surface area (Å²) in [6.45, 7) is 0.982. The van der Waals surface area contributed by atoms with E-state index in [9.17, 15) is 14.7 Å². The van der Waals surface area contributed by atoms with Crippen LogP contribution in [0.25, 0.3) is 10.9 Å². The average Bonchev–Trinajstić information content (AvgIpc) is 3.05. The summed E-state index contributed by atoms with van der Waals surface area (Å²) in [6, 6.07) is 21.7. The van der Waals surface area contributed by atoms with Crippen LogP contribution in [0.1, 0.15) is 27.5 Å². The Morgan fingerprint density at radius 1 is 1.02 bits per heavy atom. The van der Waals surface area contributed by atoms with Crippen LogP contribution in [0, 0.1) is 5.82 Å². The number of anilines is 3. The number of hydrogen-bond donors (Lipinski definition) is 4. The lowest BCUT2D eigenvalue weighted by Crippen LogP contribution is -2.30. The van der Waals surface area contributed by atoms with Crippen LogP contribution in [0.2, 0.25) is 0 Å². The van der Waals surface area contributed by atoms with Crippen molar-refractivity contribution in [1.29, 1.82) is 0 Å². The Morgan fingerprint density at radius 3 is 2.48 bits per heavy atom. The number of pyridine rings is 2. The number of aromatic nitrogens is 2. The molecule has 0 aliphatic carbocycles. The van der Waals surface area contributed by atoms with E-state index in [2.05, 4.69) is 20.9 Å². The molecule has 1 aliphatic heterocycles. The first-order valence-electron chi connectivity index (χ1n) is 14.1. The van der Waals surface area contributed by atoms with Gasteiger partial charge in [0.1, 0.15) is 29.4 Å². The number of benzene rings is 3. The fourth-order valence-corrected chi connectivity index (χ4v) is 5.37. The highest BCUT2D eigenvalue weighted by atomic mass is 19.1. The van der Waals surface area contributed by atoms with Gasteiger partial charge in [0.2, 0.25) is 5.43 Å². The number of halogens is 1. The van der Waals surface area contributed by atoms with Crippen LogP contribution >= 0.6 is 0 Å². The monoisotopic (exact) mass is 595 g/mol. The van der Waals surface area contributed by atoms with Crippen LogP contribution < -0.4 is 30.9 Å². The summed E-state index contributed by atoms with van der Waals surface area (Å²) < 4.78 is 29.7. The summed E-state index contributed by atoms with van der Waals surface area (Å²) in [7, 11) is 1.57. The second kappa shape index (κ2) is 12.3. The molecular weight excluding hydrogens is 565 g/mol. The molecule has 10 nitrogen and oxygen atoms in total. The number of carbonyl (C=O) groups is 1. The topological polar surface area (TPSA) is 127 Å². The molecule has 1 atom stereocenters. The number of aromatic carboxylic acids is 1. The molecule has 6 rings (SSSR count). The van der Waals surface area contributed by atoms with Crippen LogP contribution in [-0.2, 0) is 6.54 Å². The van der Waals surface area contributed by atoms with Gasteiger partial charge >= 0.3 is 5.97 Å². The van der Waals surface area contributed by atoms with Gasteiger partial charge in [-0.25, -0.2) is 14.2 Å². The number of rotatable bonds is 11. The van der Waals surface area contributed by atoms with E-state index in [1.165, 1.54) is 6.20 Å². The molecule has 4 N–H and O–H groups in total. The molecule has 1 unspecified atom stereocenters. The van der Waals surface area contributed by atoms with E-state index in [4.69, 9.17) is 9.47 Å². The second-order valence-electron chi connectivity index (χ2n) is 10.2. The minimum absolute atomic E-state index is 0.0697. The molecule has 0 saturated heterocycles. The third-order valence-electron chi connectivity index (χ3n) is 7.53. The van der Waals surface area contributed by atoms with Crippen LogP contribution in [0.4, 0.5) is 21.6 Å². The van der Waals surface area contributed by atoms with Crippen molar-refractivity contribution in [3.05, 3.63) is 118 Å². The number of ether oxygens (including phenoxy) is 2. The fourth-order valence-electron chi connectivity index (χ4n) is 5.37. The Balaban J connectivity index is 1.48. The smallest absolute Gasteiger partial charge is 0.341 e. The average molecular weight is 596 g/mol. The van der Waals surface area contributed by atoms with E-state index in [-0.39, 0.29) is 35.7 Å². The number of methoxy groups -OCH3 is 1. The lowest BCUT2D eigenvalue weighted by Gasteiger charge is -2.32. The van der Waals surface area contributed by atoms with Crippen molar-refractivity contribution in [3.63, 3.8) is 0 Å². The predicted octanol–water partition coefficient (Wildman–Crippen LogP) is 5.36. The van der Waals surface area contributed by atoms with Crippen molar-refractivity contribution >= 4 is 34.1 Å². The van der Waals surface area contributed by atoms with Crippen molar-refractivity contribution in [2.45, 2.75) is 12.6 Å². The minimum atomic E-state index is -1.40. The summed E-state index contributed by atoms with van der Waals surface area (Å²) >= 11 is 0. The first kappa shape index (κ1) is 28.5. The van der Waals surface area contributed by atoms with Crippen molar-refractivity contribution in [2.75, 3.05) is 42.8 Å². The third-order valence-corrected chi connectivity index (χ3v) is 7.53. The van der Waals surface area contributed by atoms with Gasteiger partial charge in [-0.05, 0) is 35.4 Å². The number of hydrogen-bond acceptors (Lipinski definition) is 8. The normalized spacial score (nSPS) is 13.6. The number of carboxylic acid groups (broad SMARTS) is 1. The Labute approximate surface area is 252 Å². The van der Waals surface area contributed by atoms with E-state index >= 15 is 4.39 Å². The molecule has 0 amide bonds. The first-order chi connectivity index (χ1) is 21.5. The minimum Gasteiger partial charge on any atom is -0.497 e. The van der Waals surface area contributed by atoms with E-state index in [0.29, 0.717) is 30.2 Å². The highest BCUT2D eigenvalue weighted by Gasteiger charge is 2.33. The maximum Gasteiger partial charge on any atom is 0.341 e. The SMILES string of the molecule is COc1ccc(CNc2c(F)c(NCCNc3ccccn3)c3c4c2c(=O)c(C(=O)O)cn4C(c2ccccc2)CO3)cc1. The molecule has 44 heavy (non-hydrogen) atoms. The van der Waals surface area contributed by atoms with Crippen molar-refractivity contribution < 1.29 is 23.8 Å². The van der Waals surface area contributed by atoms with Gasteiger partial charge in [0.15, 0.2) is 11.6 Å². The highest BCUT2D eigenvalue weighted by molar-refractivity contribution is 6.04. The lowest BCUT2D eigenvalue weighted by molar-refractivity contribution is 0.0694. The predicted molar refractivity (Wildman–Crippen MR) is 167 cm³/mol. The Morgan fingerprint density at radius 2 is 1.77 bits per heavy atom. The first-order valence-corrected chi connectivity index (χ1v) is 14.1. The largest absolute Gasteiger partial charge is 0.497 e. The fraction of sp³-hybridized carbons (Fsp3) is 0.182. The zero-order valence-electron chi connectivity index (χ0n) is 23.8. The van der Waals surface area contributed by atoms with Crippen molar-refractivity contribution in [2.24, 2.45) is 0 Å². The van der Waals surface area contributed by atoms with Crippen LogP contribution in [0.5, 0.6) is 11.5 Å². The van der Waals surface area contributed by atoms with Gasteiger partial charge in [-0.2, -0.15) is 0 Å². The van der Waals surface area contributed by atoms with Crippen LogP contribution in [0.3, 0.4) is 0 Å². The van der Waals surface area contributed by atoms with Gasteiger partial charge in [-0.15, -0.1) is 0 Å². The summed E-state index contributed by atoms with van der Waals surface area (Å²) in [5, 5.41) is 19.3. The van der Waals surface area contributed by atoms with Gasteiger partial charge in [-0.3, -0.25) is 4.79 Å². The molecule has 224 valence electrons. The van der Waals surface area contributed by atoms with E-state index in [0.717, 1.165) is 11.1 Å². The molecule has 0 spiro atoms. The zero-order valence-corrected chi connectivity index (χ0v) is 23.8. The number of nitrogens with zero attached hydrogens (tertiary/aromatic N) is 2. The molecule has 0 fully saturated rings. The highest BCUT2D eigenvalue weighted by Crippen LogP contribution is 2.45. The van der Waals surface area contributed by atoms with Crippen molar-refractivity contribution in [3.8, 4) is 11.5 Å². The summed E-state index contributed by atoms with van der Waals surface area (Å²) in [4.78, 5) is 30.3. The lowest BCUT2D eigenvalue weighted by atomic mass is 10.0. The second-order valence-corrected chi connectivity index (χ2v) is 10.2. The van der Waals surface area contributed by atoms with Gasteiger partial charge in [0, 0.05) is 32.0 Å². The number of carboxylic acids is 1. The molecule has 3 aromatic carbocycles. The Kier molecular flexibility index (Phi) is 8.00. The molecule has 11 heteroatoms. The van der Waals surface area contributed by atoms with Gasteiger partial charge in [0.05, 0.1) is 29.7 Å². The molecule has 5 aromatic rings. The maximum atomic E-state index is 16.6. The molecule has 0 saturated carbocycles. The maximum absolute atomic E-state index is 16.6. The number of nitrogens with one attached hydrogen (secondary N) is 3.